The molecule has 0 amide bonds. The van der Waals surface area contributed by atoms with Crippen molar-refractivity contribution in [2.45, 2.75) is 13.5 Å². The number of hydrogen-bond donors (Lipinski definition) is 2. The van der Waals surface area contributed by atoms with Crippen molar-refractivity contribution < 1.29 is 4.42 Å². The lowest BCUT2D eigenvalue weighted by Crippen LogP contribution is -2.06. The molecule has 0 fully saturated rings. The van der Waals surface area contributed by atoms with Gasteiger partial charge in [-0.2, -0.15) is 4.98 Å². The van der Waals surface area contributed by atoms with E-state index in [1.54, 1.807) is 18.6 Å². The Morgan fingerprint density at radius 1 is 1.04 bits per heavy atom. The van der Waals surface area contributed by atoms with Gasteiger partial charge in [-0.3, -0.25) is 4.98 Å². The van der Waals surface area contributed by atoms with E-state index in [0.29, 0.717) is 18.3 Å². The summed E-state index contributed by atoms with van der Waals surface area (Å²) in [4.78, 5) is 17.0. The van der Waals surface area contributed by atoms with Crippen molar-refractivity contribution in [1.29, 1.82) is 0 Å². The molecule has 4 rings (SSSR count). The molecule has 3 aromatic heterocycles. The third kappa shape index (κ3) is 4.09. The third-order valence-electron chi connectivity index (χ3n) is 3.99. The number of aryl methyl sites for hydroxylation is 1. The molecule has 0 bridgehead atoms. The number of hydrogen-bond acceptors (Lipinski definition) is 7. The van der Waals surface area contributed by atoms with Crippen LogP contribution >= 0.6 is 0 Å². The van der Waals surface area contributed by atoms with Gasteiger partial charge >= 0.3 is 0 Å². The summed E-state index contributed by atoms with van der Waals surface area (Å²) in [6, 6.07) is 11.7. The molecule has 7 heteroatoms. The Kier molecular flexibility index (Phi) is 4.74. The van der Waals surface area contributed by atoms with Crippen molar-refractivity contribution in [2.75, 3.05) is 10.6 Å². The van der Waals surface area contributed by atoms with Gasteiger partial charge in [-0.1, -0.05) is 18.2 Å². The maximum Gasteiger partial charge on any atom is 0.229 e. The number of rotatable bonds is 6. The summed E-state index contributed by atoms with van der Waals surface area (Å²) in [5.41, 5.74) is 3.86. The molecule has 0 atom stereocenters. The molecule has 4 aromatic rings. The zero-order chi connectivity index (χ0) is 18.5. The summed E-state index contributed by atoms with van der Waals surface area (Å²) >= 11 is 0. The average molecular weight is 358 g/mol. The van der Waals surface area contributed by atoms with Crippen LogP contribution < -0.4 is 10.6 Å². The molecule has 7 nitrogen and oxygen atoms in total. The summed E-state index contributed by atoms with van der Waals surface area (Å²) in [6.45, 7) is 2.62. The van der Waals surface area contributed by atoms with Crippen molar-refractivity contribution in [3.05, 3.63) is 78.7 Å². The highest BCUT2D eigenvalue weighted by Gasteiger charge is 2.07. The van der Waals surface area contributed by atoms with Gasteiger partial charge in [-0.05, 0) is 30.7 Å². The van der Waals surface area contributed by atoms with Gasteiger partial charge in [0.25, 0.3) is 0 Å². The normalized spacial score (nSPS) is 10.6. The Balaban J connectivity index is 1.50. The molecule has 0 aliphatic heterocycles. The highest BCUT2D eigenvalue weighted by atomic mass is 16.3. The van der Waals surface area contributed by atoms with E-state index in [9.17, 15) is 0 Å². The van der Waals surface area contributed by atoms with Crippen LogP contribution in [0.2, 0.25) is 0 Å². The number of benzene rings is 1. The lowest BCUT2D eigenvalue weighted by Gasteiger charge is -2.11. The first-order valence-electron chi connectivity index (χ1n) is 8.50. The molecule has 0 saturated carbocycles. The van der Waals surface area contributed by atoms with Crippen molar-refractivity contribution in [3.63, 3.8) is 0 Å². The molecule has 0 unspecified atom stereocenters. The topological polar surface area (TPSA) is 88.8 Å². The highest BCUT2D eigenvalue weighted by molar-refractivity contribution is 5.66. The number of anilines is 3. The van der Waals surface area contributed by atoms with Gasteiger partial charge in [0.05, 0.1) is 6.20 Å². The Hall–Kier alpha value is -3.74. The van der Waals surface area contributed by atoms with Gasteiger partial charge in [-0.15, -0.1) is 0 Å². The second kappa shape index (κ2) is 7.65. The zero-order valence-electron chi connectivity index (χ0n) is 14.8. The minimum absolute atomic E-state index is 0.518. The lowest BCUT2D eigenvalue weighted by atomic mass is 10.1. The predicted octanol–water partition coefficient (Wildman–Crippen LogP) is 4.19. The second-order valence-electron chi connectivity index (χ2n) is 6.01. The molecule has 3 heterocycles. The minimum atomic E-state index is 0.518. The van der Waals surface area contributed by atoms with Crippen LogP contribution in [0.3, 0.4) is 0 Å². The number of nitrogens with one attached hydrogen (secondary N) is 2. The molecular weight excluding hydrogens is 340 g/mol. The van der Waals surface area contributed by atoms with Crippen LogP contribution in [-0.4, -0.2) is 19.9 Å². The van der Waals surface area contributed by atoms with Crippen molar-refractivity contribution in [2.24, 2.45) is 0 Å². The standard InChI is InChI=1S/C20H18N6O/c1-14-9-24-20(26-19(14)23-11-15-4-3-7-21-10-15)25-17-6-2-5-16(8-17)18-12-22-13-27-18/h2-10,12-13H,11H2,1H3,(H2,23,24,25,26). The fourth-order valence-corrected chi connectivity index (χ4v) is 2.61. The Labute approximate surface area is 156 Å². The number of oxazole rings is 1. The predicted molar refractivity (Wildman–Crippen MR) is 104 cm³/mol. The van der Waals surface area contributed by atoms with Crippen LogP contribution in [0.25, 0.3) is 11.3 Å². The van der Waals surface area contributed by atoms with Gasteiger partial charge in [0.1, 0.15) is 5.82 Å². The first-order chi connectivity index (χ1) is 13.3. The lowest BCUT2D eigenvalue weighted by molar-refractivity contribution is 0.572. The second-order valence-corrected chi connectivity index (χ2v) is 6.01. The Bertz CT molecular complexity index is 1020. The molecule has 0 aliphatic rings. The minimum Gasteiger partial charge on any atom is -0.444 e. The highest BCUT2D eigenvalue weighted by Crippen LogP contribution is 2.24. The van der Waals surface area contributed by atoms with E-state index in [-0.39, 0.29) is 0 Å². The molecule has 0 saturated heterocycles. The first kappa shape index (κ1) is 16.7. The summed E-state index contributed by atoms with van der Waals surface area (Å²) in [6.07, 6.45) is 8.48. The fraction of sp³-hybridized carbons (Fsp3) is 0.100. The molecule has 27 heavy (non-hydrogen) atoms. The van der Waals surface area contributed by atoms with E-state index in [0.717, 1.165) is 28.2 Å². The van der Waals surface area contributed by atoms with E-state index < -0.39 is 0 Å². The van der Waals surface area contributed by atoms with Crippen LogP contribution in [0.4, 0.5) is 17.5 Å². The summed E-state index contributed by atoms with van der Waals surface area (Å²) in [5.74, 6) is 2.01. The maximum atomic E-state index is 5.35. The van der Waals surface area contributed by atoms with Crippen molar-refractivity contribution in [1.82, 2.24) is 19.9 Å². The molecule has 134 valence electrons. The fourth-order valence-electron chi connectivity index (χ4n) is 2.61. The van der Waals surface area contributed by atoms with Crippen LogP contribution in [-0.2, 0) is 6.54 Å². The number of pyridine rings is 1. The Morgan fingerprint density at radius 2 is 2.00 bits per heavy atom. The average Bonchev–Trinajstić information content (AvgIpc) is 3.24. The third-order valence-corrected chi connectivity index (χ3v) is 3.99. The van der Waals surface area contributed by atoms with Crippen LogP contribution in [0.5, 0.6) is 0 Å². The van der Waals surface area contributed by atoms with E-state index in [1.165, 1.54) is 6.39 Å². The van der Waals surface area contributed by atoms with Gasteiger partial charge in [0, 0.05) is 41.9 Å². The van der Waals surface area contributed by atoms with E-state index in [1.807, 2.05) is 49.5 Å². The summed E-state index contributed by atoms with van der Waals surface area (Å²) in [5, 5.41) is 6.57. The largest absolute Gasteiger partial charge is 0.444 e. The maximum absolute atomic E-state index is 5.35. The molecule has 0 radical (unpaired) electrons. The molecule has 0 spiro atoms. The van der Waals surface area contributed by atoms with Gasteiger partial charge in [-0.25, -0.2) is 9.97 Å². The monoisotopic (exact) mass is 358 g/mol. The summed E-state index contributed by atoms with van der Waals surface area (Å²) < 4.78 is 5.35. The van der Waals surface area contributed by atoms with Crippen LogP contribution in [0.15, 0.2) is 72.0 Å². The van der Waals surface area contributed by atoms with Gasteiger partial charge in [0.15, 0.2) is 12.2 Å². The van der Waals surface area contributed by atoms with Crippen LogP contribution in [0, 0.1) is 6.92 Å². The SMILES string of the molecule is Cc1cnc(Nc2cccc(-c3cnco3)c2)nc1NCc1cccnc1. The molecule has 0 aliphatic carbocycles. The molecular formula is C20H18N6O. The van der Waals surface area contributed by atoms with Crippen LogP contribution in [0.1, 0.15) is 11.1 Å². The summed E-state index contributed by atoms with van der Waals surface area (Å²) in [7, 11) is 0. The van der Waals surface area contributed by atoms with Gasteiger partial charge < -0.3 is 15.1 Å². The van der Waals surface area contributed by atoms with E-state index in [2.05, 4.69) is 30.6 Å². The smallest absolute Gasteiger partial charge is 0.229 e. The van der Waals surface area contributed by atoms with E-state index >= 15 is 0 Å². The zero-order valence-corrected chi connectivity index (χ0v) is 14.8. The molecule has 1 aromatic carbocycles. The van der Waals surface area contributed by atoms with E-state index in [4.69, 9.17) is 4.42 Å². The van der Waals surface area contributed by atoms with Crippen molar-refractivity contribution >= 4 is 17.5 Å². The quantitative estimate of drug-likeness (QED) is 0.534. The van der Waals surface area contributed by atoms with Crippen molar-refractivity contribution in [3.8, 4) is 11.3 Å². The Morgan fingerprint density at radius 3 is 2.81 bits per heavy atom. The molecule has 2 N–H and O–H groups in total. The van der Waals surface area contributed by atoms with Gasteiger partial charge in [0.2, 0.25) is 5.95 Å². The number of aromatic nitrogens is 4. The number of nitrogens with zero attached hydrogens (tertiary/aromatic N) is 4. The first-order valence-corrected chi connectivity index (χ1v) is 8.50.